The van der Waals surface area contributed by atoms with E-state index >= 15 is 0 Å². The Labute approximate surface area is 157 Å². The molecule has 2 aromatic carbocycles. The fourth-order valence-corrected chi connectivity index (χ4v) is 2.54. The van der Waals surface area contributed by atoms with Crippen LogP contribution < -0.4 is 9.47 Å². The van der Waals surface area contributed by atoms with Crippen LogP contribution in [0.1, 0.15) is 41.5 Å². The summed E-state index contributed by atoms with van der Waals surface area (Å²) >= 11 is 0. The first-order chi connectivity index (χ1) is 12.4. The van der Waals surface area contributed by atoms with E-state index in [1.54, 1.807) is 0 Å². The van der Waals surface area contributed by atoms with E-state index in [-0.39, 0.29) is 12.6 Å². The van der Waals surface area contributed by atoms with Crippen LogP contribution in [0, 0.1) is 11.8 Å². The minimum absolute atomic E-state index is 0.305. The van der Waals surface area contributed by atoms with Gasteiger partial charge in [0.1, 0.15) is 11.5 Å². The molecule has 0 bridgehead atoms. The van der Waals surface area contributed by atoms with Crippen LogP contribution in [0.3, 0.4) is 0 Å². The van der Waals surface area contributed by atoms with Crippen LogP contribution in [0.2, 0.25) is 0 Å². The zero-order valence-electron chi connectivity index (χ0n) is 16.8. The molecule has 0 saturated carbocycles. The highest BCUT2D eigenvalue weighted by molar-refractivity contribution is 5.93. The molecular weight excluding hydrogens is 328 g/mol. The molecule has 0 heterocycles. The van der Waals surface area contributed by atoms with Gasteiger partial charge < -0.3 is 18.9 Å². The Morgan fingerprint density at radius 3 is 1.35 bits per heavy atom. The largest absolute Gasteiger partial charge is 0.465 e. The van der Waals surface area contributed by atoms with Gasteiger partial charge in [0.25, 0.3) is 0 Å². The normalized spacial score (nSPS) is 14.0. The Bertz CT molecular complexity index is 622. The lowest BCUT2D eigenvalue weighted by Gasteiger charge is -2.20. The van der Waals surface area contributed by atoms with Gasteiger partial charge in [-0.2, -0.15) is 0 Å². The molecule has 0 aliphatic heterocycles. The lowest BCUT2D eigenvalue weighted by molar-refractivity contribution is -0.0757. The SMILES string of the molecule is CC(C)COC(C)Oc1cccc2c(OC(C)OCC(C)C)cccc12. The molecule has 0 radical (unpaired) electrons. The van der Waals surface area contributed by atoms with Crippen LogP contribution in [0.4, 0.5) is 0 Å². The van der Waals surface area contributed by atoms with Crippen molar-refractivity contribution in [1.29, 1.82) is 0 Å². The second-order valence-corrected chi connectivity index (χ2v) is 7.43. The Morgan fingerprint density at radius 2 is 1.00 bits per heavy atom. The highest BCUT2D eigenvalue weighted by Gasteiger charge is 2.13. The van der Waals surface area contributed by atoms with Gasteiger partial charge in [0.05, 0.1) is 13.2 Å². The minimum atomic E-state index is -0.305. The van der Waals surface area contributed by atoms with Gasteiger partial charge in [0, 0.05) is 10.8 Å². The Morgan fingerprint density at radius 1 is 0.615 bits per heavy atom. The summed E-state index contributed by atoms with van der Waals surface area (Å²) in [7, 11) is 0. The topological polar surface area (TPSA) is 36.9 Å². The van der Waals surface area contributed by atoms with Crippen LogP contribution in [0.25, 0.3) is 10.8 Å². The quantitative estimate of drug-likeness (QED) is 0.514. The zero-order chi connectivity index (χ0) is 19.1. The molecule has 0 aliphatic carbocycles. The molecule has 2 unspecified atom stereocenters. The predicted molar refractivity (Wildman–Crippen MR) is 106 cm³/mol. The van der Waals surface area contributed by atoms with Gasteiger partial charge in [-0.1, -0.05) is 52.0 Å². The van der Waals surface area contributed by atoms with Gasteiger partial charge in [-0.3, -0.25) is 0 Å². The fraction of sp³-hybridized carbons (Fsp3) is 0.545. The molecule has 26 heavy (non-hydrogen) atoms. The summed E-state index contributed by atoms with van der Waals surface area (Å²) in [6, 6.07) is 11.9. The maximum Gasteiger partial charge on any atom is 0.197 e. The number of hydrogen-bond donors (Lipinski definition) is 0. The van der Waals surface area contributed by atoms with Crippen molar-refractivity contribution in [3.63, 3.8) is 0 Å². The van der Waals surface area contributed by atoms with Crippen LogP contribution >= 0.6 is 0 Å². The highest BCUT2D eigenvalue weighted by Crippen LogP contribution is 2.33. The van der Waals surface area contributed by atoms with Gasteiger partial charge >= 0.3 is 0 Å². The van der Waals surface area contributed by atoms with E-state index in [9.17, 15) is 0 Å². The average molecular weight is 360 g/mol. The molecule has 4 heteroatoms. The Kier molecular flexibility index (Phi) is 7.73. The van der Waals surface area contributed by atoms with Crippen LogP contribution in [-0.2, 0) is 9.47 Å². The minimum Gasteiger partial charge on any atom is -0.465 e. The second-order valence-electron chi connectivity index (χ2n) is 7.43. The fourth-order valence-electron chi connectivity index (χ4n) is 2.54. The molecule has 0 fully saturated rings. The second kappa shape index (κ2) is 9.79. The van der Waals surface area contributed by atoms with Crippen molar-refractivity contribution in [2.24, 2.45) is 11.8 Å². The summed E-state index contributed by atoms with van der Waals surface area (Å²) < 4.78 is 23.5. The first kappa shape index (κ1) is 20.5. The molecule has 2 rings (SSSR count). The van der Waals surface area contributed by atoms with Crippen molar-refractivity contribution in [1.82, 2.24) is 0 Å². The van der Waals surface area contributed by atoms with E-state index in [4.69, 9.17) is 18.9 Å². The highest BCUT2D eigenvalue weighted by atomic mass is 16.7. The molecule has 0 amide bonds. The van der Waals surface area contributed by atoms with Crippen molar-refractivity contribution in [3.05, 3.63) is 36.4 Å². The van der Waals surface area contributed by atoms with E-state index < -0.39 is 0 Å². The first-order valence-electron chi connectivity index (χ1n) is 9.45. The van der Waals surface area contributed by atoms with E-state index in [1.807, 2.05) is 50.2 Å². The molecule has 0 saturated heterocycles. The van der Waals surface area contributed by atoms with Crippen LogP contribution in [0.5, 0.6) is 11.5 Å². The molecule has 144 valence electrons. The molecule has 0 N–H and O–H groups in total. The maximum atomic E-state index is 6.01. The molecule has 0 spiro atoms. The zero-order valence-corrected chi connectivity index (χ0v) is 16.8. The molecule has 0 aromatic heterocycles. The number of ether oxygens (including phenoxy) is 4. The van der Waals surface area contributed by atoms with Crippen molar-refractivity contribution in [2.45, 2.75) is 54.1 Å². The van der Waals surface area contributed by atoms with Gasteiger partial charge in [-0.15, -0.1) is 0 Å². The van der Waals surface area contributed by atoms with Crippen molar-refractivity contribution in [2.75, 3.05) is 13.2 Å². The van der Waals surface area contributed by atoms with E-state index in [2.05, 4.69) is 27.7 Å². The molecule has 4 nitrogen and oxygen atoms in total. The third kappa shape index (κ3) is 6.19. The molecular formula is C22H32O4. The van der Waals surface area contributed by atoms with Crippen molar-refractivity contribution in [3.8, 4) is 11.5 Å². The van der Waals surface area contributed by atoms with Crippen molar-refractivity contribution < 1.29 is 18.9 Å². The Balaban J connectivity index is 2.14. The van der Waals surface area contributed by atoms with Gasteiger partial charge in [-0.05, 0) is 37.8 Å². The lowest BCUT2D eigenvalue weighted by Crippen LogP contribution is -2.19. The maximum absolute atomic E-state index is 6.01. The summed E-state index contributed by atoms with van der Waals surface area (Å²) in [6.07, 6.45) is -0.609. The standard InChI is InChI=1S/C22H32O4/c1-15(2)13-23-17(5)25-21-11-7-10-20-19(21)9-8-12-22(20)26-18(6)24-14-16(3)4/h7-12,15-18H,13-14H2,1-6H3. The summed E-state index contributed by atoms with van der Waals surface area (Å²) in [4.78, 5) is 0. The molecule has 2 aromatic rings. The summed E-state index contributed by atoms with van der Waals surface area (Å²) in [5.74, 6) is 2.53. The van der Waals surface area contributed by atoms with Gasteiger partial charge in [0.2, 0.25) is 0 Å². The number of benzene rings is 2. The van der Waals surface area contributed by atoms with E-state index in [1.165, 1.54) is 0 Å². The first-order valence-corrected chi connectivity index (χ1v) is 9.45. The molecule has 2 atom stereocenters. The monoisotopic (exact) mass is 360 g/mol. The van der Waals surface area contributed by atoms with Crippen LogP contribution in [-0.4, -0.2) is 25.8 Å². The smallest absolute Gasteiger partial charge is 0.197 e. The number of hydrogen-bond acceptors (Lipinski definition) is 4. The summed E-state index contributed by atoms with van der Waals surface area (Å²) in [5, 5.41) is 2.00. The van der Waals surface area contributed by atoms with E-state index in [0.717, 1.165) is 22.3 Å². The van der Waals surface area contributed by atoms with Gasteiger partial charge in [-0.25, -0.2) is 0 Å². The van der Waals surface area contributed by atoms with E-state index in [0.29, 0.717) is 25.0 Å². The van der Waals surface area contributed by atoms with Crippen LogP contribution in [0.15, 0.2) is 36.4 Å². The summed E-state index contributed by atoms with van der Waals surface area (Å²) in [5.41, 5.74) is 0. The molecule has 0 aliphatic rings. The predicted octanol–water partition coefficient (Wildman–Crippen LogP) is 5.63. The Hall–Kier alpha value is -1.78. The van der Waals surface area contributed by atoms with Crippen molar-refractivity contribution >= 4 is 10.8 Å². The third-order valence-corrected chi connectivity index (χ3v) is 3.76. The lowest BCUT2D eigenvalue weighted by atomic mass is 10.1. The summed E-state index contributed by atoms with van der Waals surface area (Å²) in [6.45, 7) is 13.7. The number of rotatable bonds is 10. The van der Waals surface area contributed by atoms with Gasteiger partial charge in [0.15, 0.2) is 12.6 Å². The third-order valence-electron chi connectivity index (χ3n) is 3.76. The average Bonchev–Trinajstić information content (AvgIpc) is 2.59. The number of fused-ring (bicyclic) bond motifs is 1.